The molecule has 1 N–H and O–H groups in total. The van der Waals surface area contributed by atoms with Crippen molar-refractivity contribution in [3.8, 4) is 0 Å². The molecule has 1 amide bonds. The number of aromatic nitrogens is 2. The van der Waals surface area contributed by atoms with Gasteiger partial charge in [0.1, 0.15) is 6.54 Å². The molecule has 0 bridgehead atoms. The van der Waals surface area contributed by atoms with Gasteiger partial charge in [-0.15, -0.1) is 0 Å². The monoisotopic (exact) mass is 353 g/mol. The smallest absolute Gasteiger partial charge is 0.344 e. The number of rotatable bonds is 5. The summed E-state index contributed by atoms with van der Waals surface area (Å²) in [5.74, 6) is -0.288. The second-order valence-electron chi connectivity index (χ2n) is 5.50. The molecule has 0 radical (unpaired) electrons. The van der Waals surface area contributed by atoms with E-state index in [-0.39, 0.29) is 18.5 Å². The fourth-order valence-electron chi connectivity index (χ4n) is 2.56. The topological polar surface area (TPSA) is 64.0 Å². The average molecular weight is 354 g/mol. The lowest BCUT2D eigenvalue weighted by Crippen LogP contribution is -2.35. The van der Waals surface area contributed by atoms with Gasteiger partial charge in [0.25, 0.3) is 0 Å². The Morgan fingerprint density at radius 2 is 1.84 bits per heavy atom. The summed E-state index contributed by atoms with van der Waals surface area (Å²) in [5.41, 5.74) is 1.33. The van der Waals surface area contributed by atoms with Crippen LogP contribution < -0.4 is 11.0 Å². The standard InChI is InChI=1S/C19H16ClN3O2/c20-16-9-4-8-15(12-16)18(14-6-2-1-3-7-14)22-17(24)13-23-11-5-10-21-19(23)25/h1-12,18H,13H2,(H,22,24). The van der Waals surface area contributed by atoms with Gasteiger partial charge in [-0.05, 0) is 29.3 Å². The first-order valence-corrected chi connectivity index (χ1v) is 8.12. The maximum absolute atomic E-state index is 12.5. The summed E-state index contributed by atoms with van der Waals surface area (Å²) in [6.07, 6.45) is 2.93. The van der Waals surface area contributed by atoms with E-state index < -0.39 is 5.69 Å². The fraction of sp³-hybridized carbons (Fsp3) is 0.105. The van der Waals surface area contributed by atoms with Crippen LogP contribution >= 0.6 is 11.6 Å². The molecule has 3 aromatic rings. The Morgan fingerprint density at radius 1 is 1.08 bits per heavy atom. The van der Waals surface area contributed by atoms with E-state index in [4.69, 9.17) is 11.6 Å². The molecule has 25 heavy (non-hydrogen) atoms. The van der Waals surface area contributed by atoms with E-state index in [0.717, 1.165) is 11.1 Å². The minimum absolute atomic E-state index is 0.101. The second-order valence-corrected chi connectivity index (χ2v) is 5.93. The summed E-state index contributed by atoms with van der Waals surface area (Å²) < 4.78 is 1.26. The molecule has 0 aliphatic rings. The normalized spacial score (nSPS) is 11.7. The van der Waals surface area contributed by atoms with Crippen LogP contribution in [0.5, 0.6) is 0 Å². The van der Waals surface area contributed by atoms with E-state index in [0.29, 0.717) is 5.02 Å². The highest BCUT2D eigenvalue weighted by atomic mass is 35.5. The summed E-state index contributed by atoms with van der Waals surface area (Å²) >= 11 is 6.10. The molecule has 0 aliphatic heterocycles. The molecule has 5 nitrogen and oxygen atoms in total. The molecule has 6 heteroatoms. The minimum atomic E-state index is -0.461. The lowest BCUT2D eigenvalue weighted by molar-refractivity contribution is -0.122. The number of nitrogens with zero attached hydrogens (tertiary/aromatic N) is 2. The van der Waals surface area contributed by atoms with Gasteiger partial charge in [-0.1, -0.05) is 54.1 Å². The van der Waals surface area contributed by atoms with E-state index in [1.165, 1.54) is 17.0 Å². The van der Waals surface area contributed by atoms with Gasteiger partial charge >= 0.3 is 5.69 Å². The van der Waals surface area contributed by atoms with Gasteiger partial charge in [0.2, 0.25) is 5.91 Å². The molecule has 1 heterocycles. The lowest BCUT2D eigenvalue weighted by Gasteiger charge is -2.20. The molecular weight excluding hydrogens is 338 g/mol. The second kappa shape index (κ2) is 7.77. The van der Waals surface area contributed by atoms with Crippen molar-refractivity contribution in [1.82, 2.24) is 14.9 Å². The maximum Gasteiger partial charge on any atom is 0.347 e. The third-order valence-corrected chi connectivity index (χ3v) is 3.95. The molecule has 1 atom stereocenters. The molecule has 1 aromatic heterocycles. The number of nitrogens with one attached hydrogen (secondary N) is 1. The van der Waals surface area contributed by atoms with Gasteiger partial charge in [0, 0.05) is 17.4 Å². The maximum atomic E-state index is 12.5. The lowest BCUT2D eigenvalue weighted by atomic mass is 9.98. The van der Waals surface area contributed by atoms with Crippen LogP contribution in [0.2, 0.25) is 5.02 Å². The number of halogens is 1. The van der Waals surface area contributed by atoms with E-state index in [9.17, 15) is 9.59 Å². The van der Waals surface area contributed by atoms with Gasteiger partial charge in [-0.25, -0.2) is 9.78 Å². The number of carbonyl (C=O) groups is 1. The molecule has 2 aromatic carbocycles. The van der Waals surface area contributed by atoms with E-state index >= 15 is 0 Å². The van der Waals surface area contributed by atoms with Crippen molar-refractivity contribution in [1.29, 1.82) is 0 Å². The first-order chi connectivity index (χ1) is 12.1. The molecule has 1 unspecified atom stereocenters. The number of amides is 1. The fourth-order valence-corrected chi connectivity index (χ4v) is 2.76. The minimum Gasteiger partial charge on any atom is -0.344 e. The van der Waals surface area contributed by atoms with Crippen molar-refractivity contribution in [2.45, 2.75) is 12.6 Å². The van der Waals surface area contributed by atoms with Crippen LogP contribution in [0.15, 0.2) is 77.9 Å². The van der Waals surface area contributed by atoms with Gasteiger partial charge in [0.05, 0.1) is 6.04 Å². The van der Waals surface area contributed by atoms with Crippen molar-refractivity contribution >= 4 is 17.5 Å². The molecule has 3 rings (SSSR count). The quantitative estimate of drug-likeness (QED) is 0.767. The molecule has 0 saturated carbocycles. The summed E-state index contributed by atoms with van der Waals surface area (Å²) in [7, 11) is 0. The van der Waals surface area contributed by atoms with Gasteiger partial charge in [-0.3, -0.25) is 9.36 Å². The van der Waals surface area contributed by atoms with Crippen LogP contribution in [0.3, 0.4) is 0 Å². The van der Waals surface area contributed by atoms with E-state index in [1.54, 1.807) is 12.1 Å². The molecular formula is C19H16ClN3O2. The third kappa shape index (κ3) is 4.33. The summed E-state index contributed by atoms with van der Waals surface area (Å²) in [6.45, 7) is -0.101. The Bertz CT molecular complexity index is 925. The van der Waals surface area contributed by atoms with Crippen molar-refractivity contribution in [2.24, 2.45) is 0 Å². The Morgan fingerprint density at radius 3 is 2.56 bits per heavy atom. The van der Waals surface area contributed by atoms with Gasteiger partial charge < -0.3 is 5.32 Å². The molecule has 126 valence electrons. The predicted molar refractivity (Wildman–Crippen MR) is 96.4 cm³/mol. The van der Waals surface area contributed by atoms with Crippen molar-refractivity contribution in [2.75, 3.05) is 0 Å². The SMILES string of the molecule is O=C(Cn1cccnc1=O)NC(c1ccccc1)c1cccc(Cl)c1. The highest BCUT2D eigenvalue weighted by molar-refractivity contribution is 6.30. The van der Waals surface area contributed by atoms with Crippen LogP contribution in [0.4, 0.5) is 0 Å². The Labute approximate surface area is 149 Å². The van der Waals surface area contributed by atoms with E-state index in [2.05, 4.69) is 10.3 Å². The first-order valence-electron chi connectivity index (χ1n) is 7.75. The predicted octanol–water partition coefficient (Wildman–Crippen LogP) is 2.80. The van der Waals surface area contributed by atoms with Gasteiger partial charge in [0.15, 0.2) is 0 Å². The summed E-state index contributed by atoms with van der Waals surface area (Å²) in [6, 6.07) is 18.2. The highest BCUT2D eigenvalue weighted by Crippen LogP contribution is 2.24. The van der Waals surface area contributed by atoms with Crippen LogP contribution in [0.25, 0.3) is 0 Å². The number of hydrogen-bond acceptors (Lipinski definition) is 3. The largest absolute Gasteiger partial charge is 0.347 e. The third-order valence-electron chi connectivity index (χ3n) is 3.72. The van der Waals surface area contributed by atoms with Gasteiger partial charge in [-0.2, -0.15) is 0 Å². The van der Waals surface area contributed by atoms with E-state index in [1.807, 2.05) is 48.5 Å². The number of hydrogen-bond donors (Lipinski definition) is 1. The van der Waals surface area contributed by atoms with Crippen LogP contribution in [0, 0.1) is 0 Å². The summed E-state index contributed by atoms with van der Waals surface area (Å²) in [4.78, 5) is 27.8. The molecule has 0 saturated heterocycles. The number of carbonyl (C=O) groups excluding carboxylic acids is 1. The van der Waals surface area contributed by atoms with Crippen LogP contribution in [-0.2, 0) is 11.3 Å². The molecule has 0 fully saturated rings. The highest BCUT2D eigenvalue weighted by Gasteiger charge is 2.17. The average Bonchev–Trinajstić information content (AvgIpc) is 2.62. The number of benzene rings is 2. The Hall–Kier alpha value is -2.92. The zero-order chi connectivity index (χ0) is 17.6. The zero-order valence-corrected chi connectivity index (χ0v) is 14.1. The molecule has 0 aliphatic carbocycles. The van der Waals surface area contributed by atoms with Crippen molar-refractivity contribution in [3.63, 3.8) is 0 Å². The molecule has 0 spiro atoms. The van der Waals surface area contributed by atoms with Crippen molar-refractivity contribution < 1.29 is 4.79 Å². The Kier molecular flexibility index (Phi) is 5.26. The first kappa shape index (κ1) is 16.9. The van der Waals surface area contributed by atoms with Crippen molar-refractivity contribution in [3.05, 3.63) is 99.7 Å². The van der Waals surface area contributed by atoms with Crippen LogP contribution in [-0.4, -0.2) is 15.5 Å². The zero-order valence-electron chi connectivity index (χ0n) is 13.3. The summed E-state index contributed by atoms with van der Waals surface area (Å²) in [5, 5.41) is 3.56. The Balaban J connectivity index is 1.86. The van der Waals surface area contributed by atoms with Crippen LogP contribution in [0.1, 0.15) is 17.2 Å².